The molecule has 7 atom stereocenters. The number of likely N-dealkylation sites (tertiary alicyclic amines) is 1. The van der Waals surface area contributed by atoms with E-state index < -0.39 is 0 Å². The predicted molar refractivity (Wildman–Crippen MR) is 117 cm³/mol. The molecule has 3 nitrogen and oxygen atoms in total. The summed E-state index contributed by atoms with van der Waals surface area (Å²) in [6.07, 6.45) is 12.2. The molecule has 2 saturated carbocycles. The molecule has 4 aliphatic rings. The maximum atomic E-state index is 13.0. The van der Waals surface area contributed by atoms with E-state index in [1.54, 1.807) is 5.57 Å². The van der Waals surface area contributed by atoms with Gasteiger partial charge in [0.05, 0.1) is 11.8 Å². The van der Waals surface area contributed by atoms with Gasteiger partial charge >= 0.3 is 0 Å². The number of hydrogen-bond acceptors (Lipinski definition) is 2. The van der Waals surface area contributed by atoms with E-state index in [1.165, 1.54) is 43.4 Å². The molecule has 1 heterocycles. The first-order chi connectivity index (χ1) is 13.8. The van der Waals surface area contributed by atoms with Gasteiger partial charge in [-0.3, -0.25) is 14.5 Å². The van der Waals surface area contributed by atoms with E-state index in [0.717, 1.165) is 30.6 Å². The molecule has 3 aliphatic carbocycles. The van der Waals surface area contributed by atoms with Gasteiger partial charge in [-0.15, -0.1) is 0 Å². The minimum atomic E-state index is -0.0762. The number of allylic oxidation sites excluding steroid dienone is 2. The van der Waals surface area contributed by atoms with Crippen LogP contribution in [0.3, 0.4) is 0 Å². The first-order valence-corrected chi connectivity index (χ1v) is 12.3. The number of imide groups is 1. The van der Waals surface area contributed by atoms with Crippen LogP contribution < -0.4 is 0 Å². The maximum absolute atomic E-state index is 13.0. The van der Waals surface area contributed by atoms with Gasteiger partial charge in [-0.2, -0.15) is 0 Å². The van der Waals surface area contributed by atoms with Crippen LogP contribution in [0.1, 0.15) is 86.0 Å². The molecule has 2 unspecified atom stereocenters. The second-order valence-corrected chi connectivity index (χ2v) is 11.2. The monoisotopic (exact) mass is 399 g/mol. The minimum absolute atomic E-state index is 0.0606. The van der Waals surface area contributed by atoms with Crippen LogP contribution in [0.5, 0.6) is 0 Å². The normalized spacial score (nSPS) is 40.0. The van der Waals surface area contributed by atoms with Crippen molar-refractivity contribution >= 4 is 11.8 Å². The third-order valence-corrected chi connectivity index (χ3v) is 9.29. The lowest BCUT2D eigenvalue weighted by Gasteiger charge is -2.49. The van der Waals surface area contributed by atoms with Crippen LogP contribution in [-0.2, 0) is 9.59 Å². The largest absolute Gasteiger partial charge is 0.282 e. The van der Waals surface area contributed by atoms with Crippen molar-refractivity contribution in [2.75, 3.05) is 6.54 Å². The van der Waals surface area contributed by atoms with Crippen molar-refractivity contribution in [1.29, 1.82) is 0 Å². The fourth-order valence-electron chi connectivity index (χ4n) is 7.82. The van der Waals surface area contributed by atoms with Gasteiger partial charge in [-0.05, 0) is 74.0 Å². The lowest BCUT2D eigenvalue weighted by Crippen LogP contribution is -2.44. The number of carbonyl (C=O) groups excluding carboxylic acids is 2. The average Bonchev–Trinajstić information content (AvgIpc) is 3.15. The summed E-state index contributed by atoms with van der Waals surface area (Å²) in [5, 5.41) is 0. The lowest BCUT2D eigenvalue weighted by molar-refractivity contribution is -0.139. The number of nitrogens with zero attached hydrogens (tertiary/aromatic N) is 1. The van der Waals surface area contributed by atoms with Crippen LogP contribution in [0.25, 0.3) is 0 Å². The predicted octanol–water partition coefficient (Wildman–Crippen LogP) is 5.84. The molecular formula is C26H41NO2. The molecule has 0 bridgehead atoms. The fraction of sp³-hybridized carbons (Fsp3) is 0.846. The Bertz CT molecular complexity index is 695. The Hall–Kier alpha value is -1.12. The third-order valence-electron chi connectivity index (χ3n) is 9.29. The van der Waals surface area contributed by atoms with Crippen molar-refractivity contribution in [2.45, 2.75) is 86.0 Å². The Kier molecular flexibility index (Phi) is 5.72. The molecular weight excluding hydrogens is 358 g/mol. The van der Waals surface area contributed by atoms with E-state index in [1.807, 2.05) is 6.92 Å². The molecule has 2 amide bonds. The van der Waals surface area contributed by atoms with Gasteiger partial charge in [0, 0.05) is 6.54 Å². The summed E-state index contributed by atoms with van der Waals surface area (Å²) in [4.78, 5) is 27.3. The highest BCUT2D eigenvalue weighted by Crippen LogP contribution is 2.64. The molecule has 0 N–H and O–H groups in total. The molecule has 0 spiro atoms. The SMILES string of the molecule is CCN1C(=O)C2CC=C3[C@@H](CC[C@]4(C)[C@@H]([C@H](C)CCCC(C)C)CC[C@@H]34)C2C1=O. The molecule has 4 rings (SSSR count). The van der Waals surface area contributed by atoms with Crippen LogP contribution in [0.2, 0.25) is 0 Å². The van der Waals surface area contributed by atoms with Crippen molar-refractivity contribution in [3.05, 3.63) is 11.6 Å². The van der Waals surface area contributed by atoms with E-state index in [-0.39, 0.29) is 23.7 Å². The first-order valence-electron chi connectivity index (χ1n) is 12.3. The zero-order chi connectivity index (χ0) is 20.9. The van der Waals surface area contributed by atoms with Gasteiger partial charge in [0.15, 0.2) is 0 Å². The zero-order valence-electron chi connectivity index (χ0n) is 19.2. The van der Waals surface area contributed by atoms with E-state index in [0.29, 0.717) is 23.8 Å². The van der Waals surface area contributed by atoms with Gasteiger partial charge in [-0.1, -0.05) is 58.6 Å². The summed E-state index contributed by atoms with van der Waals surface area (Å²) in [6.45, 7) is 12.2. The highest BCUT2D eigenvalue weighted by atomic mass is 16.2. The van der Waals surface area contributed by atoms with E-state index in [4.69, 9.17) is 0 Å². The molecule has 0 aromatic heterocycles. The molecule has 3 heteroatoms. The van der Waals surface area contributed by atoms with E-state index >= 15 is 0 Å². The summed E-state index contributed by atoms with van der Waals surface area (Å²) in [5.74, 6) is 3.46. The Morgan fingerprint density at radius 3 is 2.52 bits per heavy atom. The maximum Gasteiger partial charge on any atom is 0.233 e. The first kappa shape index (κ1) is 21.1. The average molecular weight is 400 g/mol. The number of fused-ring (bicyclic) bond motifs is 5. The summed E-state index contributed by atoms with van der Waals surface area (Å²) in [5.41, 5.74) is 1.96. The van der Waals surface area contributed by atoms with Crippen LogP contribution >= 0.6 is 0 Å². The standard InChI is InChI=1S/C26H41NO2/c1-6-27-24(28)20-11-10-18-19(23(20)25(27)29)14-15-26(5)21(12-13-22(18)26)17(4)9-7-8-16(2)3/h10,16-17,19-23H,6-9,11-15H2,1-5H3/t17-,19-,20?,21-,22+,23?,26-/m1/s1. The number of amides is 2. The van der Waals surface area contributed by atoms with Crippen molar-refractivity contribution in [2.24, 2.45) is 46.8 Å². The number of rotatable bonds is 6. The van der Waals surface area contributed by atoms with Gasteiger partial charge in [-0.25, -0.2) is 0 Å². The van der Waals surface area contributed by atoms with Gasteiger partial charge in [0.2, 0.25) is 11.8 Å². The van der Waals surface area contributed by atoms with Gasteiger partial charge in [0.25, 0.3) is 0 Å². The Morgan fingerprint density at radius 2 is 1.83 bits per heavy atom. The fourth-order valence-corrected chi connectivity index (χ4v) is 7.82. The number of carbonyl (C=O) groups is 2. The Morgan fingerprint density at radius 1 is 1.07 bits per heavy atom. The molecule has 0 aromatic rings. The minimum Gasteiger partial charge on any atom is -0.282 e. The Labute approximate surface area is 177 Å². The topological polar surface area (TPSA) is 37.4 Å². The Balaban J connectivity index is 1.51. The van der Waals surface area contributed by atoms with Crippen molar-refractivity contribution in [3.63, 3.8) is 0 Å². The molecule has 1 aliphatic heterocycles. The third kappa shape index (κ3) is 3.31. The molecule has 29 heavy (non-hydrogen) atoms. The molecule has 0 radical (unpaired) electrons. The summed E-state index contributed by atoms with van der Waals surface area (Å²) in [7, 11) is 0. The highest BCUT2D eigenvalue weighted by molar-refractivity contribution is 6.05. The second kappa shape index (κ2) is 7.85. The van der Waals surface area contributed by atoms with Crippen molar-refractivity contribution in [3.8, 4) is 0 Å². The van der Waals surface area contributed by atoms with Crippen LogP contribution in [0.15, 0.2) is 11.6 Å². The number of hydrogen-bond donors (Lipinski definition) is 0. The van der Waals surface area contributed by atoms with Crippen LogP contribution in [0, 0.1) is 46.8 Å². The van der Waals surface area contributed by atoms with Crippen LogP contribution in [0.4, 0.5) is 0 Å². The van der Waals surface area contributed by atoms with Crippen molar-refractivity contribution < 1.29 is 9.59 Å². The zero-order valence-corrected chi connectivity index (χ0v) is 19.2. The smallest absolute Gasteiger partial charge is 0.233 e. The quantitative estimate of drug-likeness (QED) is 0.415. The van der Waals surface area contributed by atoms with E-state index in [9.17, 15) is 9.59 Å². The van der Waals surface area contributed by atoms with Crippen molar-refractivity contribution in [1.82, 2.24) is 4.90 Å². The van der Waals surface area contributed by atoms with Crippen LogP contribution in [-0.4, -0.2) is 23.3 Å². The summed E-state index contributed by atoms with van der Waals surface area (Å²) < 4.78 is 0. The highest BCUT2D eigenvalue weighted by Gasteiger charge is 2.59. The molecule has 3 fully saturated rings. The van der Waals surface area contributed by atoms with E-state index in [2.05, 4.69) is 33.8 Å². The second-order valence-electron chi connectivity index (χ2n) is 11.2. The summed E-state index contributed by atoms with van der Waals surface area (Å²) in [6, 6.07) is 0. The molecule has 162 valence electrons. The molecule has 0 aromatic carbocycles. The van der Waals surface area contributed by atoms with Gasteiger partial charge in [0.1, 0.15) is 0 Å². The van der Waals surface area contributed by atoms with Gasteiger partial charge < -0.3 is 0 Å². The lowest BCUT2D eigenvalue weighted by atomic mass is 9.54. The molecule has 1 saturated heterocycles. The summed E-state index contributed by atoms with van der Waals surface area (Å²) >= 11 is 0.